The van der Waals surface area contributed by atoms with E-state index in [-0.39, 0.29) is 5.41 Å². The molecule has 1 aliphatic rings. The molecule has 0 fully saturated rings. The standard InChI is InChI=1S/C30H28N2Si/c1-30(2,3)26-16-23(15-21-8-6-7-9-25(21)26)27-17-22(12-13-32-27)29-18-24-14-20(19-31)10-11-28(24)33(29,4)5/h6-18H,1-5H3. The Balaban J connectivity index is 1.64. The van der Waals surface area contributed by atoms with Gasteiger partial charge in [-0.2, -0.15) is 5.26 Å². The summed E-state index contributed by atoms with van der Waals surface area (Å²) in [5.41, 5.74) is 6.69. The Hall–Kier alpha value is -3.48. The van der Waals surface area contributed by atoms with E-state index in [1.807, 2.05) is 18.3 Å². The number of hydrogen-bond donors (Lipinski definition) is 0. The highest BCUT2D eigenvalue weighted by atomic mass is 28.3. The van der Waals surface area contributed by atoms with Gasteiger partial charge >= 0.3 is 0 Å². The fraction of sp³-hybridized carbons (Fsp3) is 0.200. The Bertz CT molecular complexity index is 1480. The normalized spacial score (nSPS) is 14.6. The van der Waals surface area contributed by atoms with E-state index in [2.05, 4.69) is 101 Å². The van der Waals surface area contributed by atoms with Crippen LogP contribution < -0.4 is 5.19 Å². The van der Waals surface area contributed by atoms with Crippen molar-refractivity contribution in [1.29, 1.82) is 5.26 Å². The zero-order valence-corrected chi connectivity index (χ0v) is 20.9. The van der Waals surface area contributed by atoms with Crippen LogP contribution in [0.25, 0.3) is 33.3 Å². The van der Waals surface area contributed by atoms with E-state index in [0.29, 0.717) is 0 Å². The molecule has 0 aliphatic carbocycles. The molecule has 0 bridgehead atoms. The minimum atomic E-state index is -1.85. The maximum absolute atomic E-state index is 9.33. The number of rotatable bonds is 2. The van der Waals surface area contributed by atoms with Crippen molar-refractivity contribution < 1.29 is 0 Å². The van der Waals surface area contributed by atoms with Gasteiger partial charge < -0.3 is 0 Å². The maximum atomic E-state index is 9.33. The van der Waals surface area contributed by atoms with Gasteiger partial charge in [0.15, 0.2) is 0 Å². The highest BCUT2D eigenvalue weighted by Crippen LogP contribution is 2.37. The summed E-state index contributed by atoms with van der Waals surface area (Å²) in [5.74, 6) is 0. The van der Waals surface area contributed by atoms with E-state index in [4.69, 9.17) is 4.98 Å². The lowest BCUT2D eigenvalue weighted by Crippen LogP contribution is -2.40. The van der Waals surface area contributed by atoms with Crippen molar-refractivity contribution >= 4 is 35.3 Å². The van der Waals surface area contributed by atoms with Crippen molar-refractivity contribution in [3.63, 3.8) is 0 Å². The molecule has 1 aliphatic heterocycles. The molecule has 0 unspecified atom stereocenters. The lowest BCUT2D eigenvalue weighted by atomic mass is 9.82. The van der Waals surface area contributed by atoms with Gasteiger partial charge in [-0.05, 0) is 79.7 Å². The molecule has 33 heavy (non-hydrogen) atoms. The SMILES string of the molecule is CC(C)(C)c1cc(-c2cc(C3=Cc4cc(C#N)ccc4[Si]3(C)C)ccn2)cc2ccccc12. The third-order valence-electron chi connectivity index (χ3n) is 6.86. The summed E-state index contributed by atoms with van der Waals surface area (Å²) in [5, 5.41) is 14.7. The molecular formula is C30H28N2Si. The molecule has 3 aromatic carbocycles. The van der Waals surface area contributed by atoms with Gasteiger partial charge in [0.25, 0.3) is 0 Å². The number of aromatic nitrogens is 1. The largest absolute Gasteiger partial charge is 0.256 e. The third-order valence-corrected chi connectivity index (χ3v) is 10.4. The molecule has 5 rings (SSSR count). The summed E-state index contributed by atoms with van der Waals surface area (Å²) >= 11 is 0. The van der Waals surface area contributed by atoms with Crippen LogP contribution in [-0.2, 0) is 5.41 Å². The molecule has 2 nitrogen and oxygen atoms in total. The first kappa shape index (κ1) is 21.4. The molecule has 0 saturated carbocycles. The Morgan fingerprint density at radius 2 is 1.67 bits per heavy atom. The Labute approximate surface area is 197 Å². The minimum Gasteiger partial charge on any atom is -0.256 e. The monoisotopic (exact) mass is 444 g/mol. The Morgan fingerprint density at radius 3 is 2.42 bits per heavy atom. The molecule has 0 N–H and O–H groups in total. The van der Waals surface area contributed by atoms with Crippen LogP contribution in [0.4, 0.5) is 0 Å². The highest BCUT2D eigenvalue weighted by Gasteiger charge is 2.36. The fourth-order valence-electron chi connectivity index (χ4n) is 5.08. The van der Waals surface area contributed by atoms with Crippen LogP contribution in [0.1, 0.15) is 43.0 Å². The summed E-state index contributed by atoms with van der Waals surface area (Å²) in [6, 6.07) is 26.0. The molecule has 0 radical (unpaired) electrons. The third kappa shape index (κ3) is 3.61. The van der Waals surface area contributed by atoms with E-state index >= 15 is 0 Å². The predicted molar refractivity (Wildman–Crippen MR) is 142 cm³/mol. The smallest absolute Gasteiger partial charge is 0.113 e. The lowest BCUT2D eigenvalue weighted by molar-refractivity contribution is 0.596. The first-order valence-corrected chi connectivity index (χ1v) is 14.5. The first-order valence-electron chi connectivity index (χ1n) is 11.5. The molecule has 1 aromatic heterocycles. The van der Waals surface area contributed by atoms with E-state index < -0.39 is 8.07 Å². The number of benzene rings is 3. The van der Waals surface area contributed by atoms with E-state index in [9.17, 15) is 5.26 Å². The van der Waals surface area contributed by atoms with E-state index in [1.165, 1.54) is 37.8 Å². The molecule has 0 spiro atoms. The van der Waals surface area contributed by atoms with Crippen molar-refractivity contribution in [2.45, 2.75) is 39.3 Å². The summed E-state index contributed by atoms with van der Waals surface area (Å²) < 4.78 is 0. The van der Waals surface area contributed by atoms with Gasteiger partial charge in [0, 0.05) is 11.8 Å². The van der Waals surface area contributed by atoms with Crippen molar-refractivity contribution in [3.8, 4) is 17.3 Å². The van der Waals surface area contributed by atoms with E-state index in [0.717, 1.165) is 16.8 Å². The molecule has 0 atom stereocenters. The molecule has 0 saturated heterocycles. The van der Waals surface area contributed by atoms with Crippen LogP contribution in [0.3, 0.4) is 0 Å². The lowest BCUT2D eigenvalue weighted by Gasteiger charge is -2.24. The van der Waals surface area contributed by atoms with Crippen molar-refractivity contribution in [2.75, 3.05) is 0 Å². The first-order chi connectivity index (χ1) is 15.7. The van der Waals surface area contributed by atoms with E-state index in [1.54, 1.807) is 0 Å². The number of nitrogens with zero attached hydrogens (tertiary/aromatic N) is 2. The van der Waals surface area contributed by atoms with Crippen LogP contribution in [0.15, 0.2) is 72.9 Å². The second kappa shape index (κ2) is 7.54. The number of pyridine rings is 1. The Morgan fingerprint density at radius 1 is 0.879 bits per heavy atom. The van der Waals surface area contributed by atoms with Crippen LogP contribution in [-0.4, -0.2) is 13.1 Å². The van der Waals surface area contributed by atoms with Crippen LogP contribution in [0.5, 0.6) is 0 Å². The van der Waals surface area contributed by atoms with Gasteiger partial charge in [-0.3, -0.25) is 4.98 Å². The maximum Gasteiger partial charge on any atom is 0.113 e. The average molecular weight is 445 g/mol. The Kier molecular flexibility index (Phi) is 4.88. The van der Waals surface area contributed by atoms with Gasteiger partial charge in [0.2, 0.25) is 0 Å². The number of fused-ring (bicyclic) bond motifs is 2. The van der Waals surface area contributed by atoms with Crippen LogP contribution in [0.2, 0.25) is 13.1 Å². The molecule has 3 heteroatoms. The summed E-state index contributed by atoms with van der Waals surface area (Å²) in [4.78, 5) is 4.78. The second-order valence-corrected chi connectivity index (χ2v) is 14.8. The van der Waals surface area contributed by atoms with Crippen molar-refractivity contribution in [3.05, 3.63) is 95.2 Å². The molecule has 0 amide bonds. The highest BCUT2D eigenvalue weighted by molar-refractivity contribution is 7.07. The topological polar surface area (TPSA) is 36.7 Å². The quantitative estimate of drug-likeness (QED) is 0.310. The molecule has 2 heterocycles. The van der Waals surface area contributed by atoms with Gasteiger partial charge in [0.1, 0.15) is 8.07 Å². The van der Waals surface area contributed by atoms with Gasteiger partial charge in [-0.1, -0.05) is 70.3 Å². The van der Waals surface area contributed by atoms with Crippen LogP contribution in [0, 0.1) is 11.3 Å². The summed E-state index contributed by atoms with van der Waals surface area (Å²) in [6.45, 7) is 11.6. The molecule has 4 aromatic rings. The van der Waals surface area contributed by atoms with Crippen LogP contribution >= 0.6 is 0 Å². The summed E-state index contributed by atoms with van der Waals surface area (Å²) in [7, 11) is -1.85. The summed E-state index contributed by atoms with van der Waals surface area (Å²) in [6.07, 6.45) is 4.23. The minimum absolute atomic E-state index is 0.0379. The number of nitriles is 1. The number of hydrogen-bond acceptors (Lipinski definition) is 2. The zero-order valence-electron chi connectivity index (χ0n) is 19.9. The predicted octanol–water partition coefficient (Wildman–Crippen LogP) is 7.08. The second-order valence-electron chi connectivity index (χ2n) is 10.5. The fourth-order valence-corrected chi connectivity index (χ4v) is 8.13. The van der Waals surface area contributed by atoms with Crippen molar-refractivity contribution in [2.24, 2.45) is 0 Å². The van der Waals surface area contributed by atoms with Gasteiger partial charge in [-0.15, -0.1) is 0 Å². The van der Waals surface area contributed by atoms with Gasteiger partial charge in [0.05, 0.1) is 17.3 Å². The van der Waals surface area contributed by atoms with Gasteiger partial charge in [-0.25, -0.2) is 0 Å². The van der Waals surface area contributed by atoms with Crippen molar-refractivity contribution in [1.82, 2.24) is 4.98 Å². The molecule has 162 valence electrons. The zero-order chi connectivity index (χ0) is 23.4. The average Bonchev–Trinajstić information content (AvgIpc) is 3.07. The molecular weight excluding hydrogens is 416 g/mol.